The van der Waals surface area contributed by atoms with Crippen molar-refractivity contribution in [1.29, 1.82) is 0 Å². The topological polar surface area (TPSA) is 15.4 Å². The van der Waals surface area contributed by atoms with E-state index < -0.39 is 0 Å². The molecule has 1 fully saturated rings. The molecule has 0 radical (unpaired) electrons. The van der Waals surface area contributed by atoms with Crippen LogP contribution in [0.4, 0.5) is 0 Å². The summed E-state index contributed by atoms with van der Waals surface area (Å²) in [6.07, 6.45) is 7.81. The fraction of sp³-hybridized carbons (Fsp3) is 0.571. The summed E-state index contributed by atoms with van der Waals surface area (Å²) < 4.78 is 0. The Bertz CT molecular complexity index is 207. The Morgan fingerprint density at radius 1 is 1.44 bits per heavy atom. The Kier molecular flexibility index (Phi) is 0.481. The van der Waals surface area contributed by atoms with Gasteiger partial charge < -0.3 is 0 Å². The third-order valence-electron chi connectivity index (χ3n) is 2.46. The summed E-state index contributed by atoms with van der Waals surface area (Å²) in [5.41, 5.74) is 0. The highest BCUT2D eigenvalue weighted by Crippen LogP contribution is 2.44. The van der Waals surface area contributed by atoms with Gasteiger partial charge in [-0.3, -0.25) is 5.01 Å². The maximum absolute atomic E-state index is 4.24. The zero-order valence-electron chi connectivity index (χ0n) is 5.07. The normalized spacial score (nSPS) is 49.8. The van der Waals surface area contributed by atoms with Crippen molar-refractivity contribution in [2.45, 2.75) is 18.5 Å². The van der Waals surface area contributed by atoms with Crippen LogP contribution in [-0.4, -0.2) is 23.3 Å². The molecule has 3 unspecified atom stereocenters. The molecular formula is C7H8N2. The Balaban J connectivity index is 2.08. The van der Waals surface area contributed by atoms with Crippen LogP contribution in [0.15, 0.2) is 17.3 Å². The maximum Gasteiger partial charge on any atom is 0.0881 e. The lowest BCUT2D eigenvalue weighted by Gasteiger charge is -2.11. The van der Waals surface area contributed by atoms with E-state index in [9.17, 15) is 0 Å². The first kappa shape index (κ1) is 4.09. The maximum atomic E-state index is 4.24. The molecule has 0 spiro atoms. The zero-order valence-corrected chi connectivity index (χ0v) is 5.07. The summed E-state index contributed by atoms with van der Waals surface area (Å²) in [6.45, 7) is 0. The summed E-state index contributed by atoms with van der Waals surface area (Å²) in [4.78, 5) is 0. The number of hydrogen-bond acceptors (Lipinski definition) is 2. The summed E-state index contributed by atoms with van der Waals surface area (Å²) in [6, 6.07) is 1.46. The van der Waals surface area contributed by atoms with E-state index in [4.69, 9.17) is 0 Å². The first-order valence-corrected chi connectivity index (χ1v) is 3.46. The lowest BCUT2D eigenvalue weighted by Crippen LogP contribution is -2.13. The lowest BCUT2D eigenvalue weighted by molar-refractivity contribution is 0.444. The van der Waals surface area contributed by atoms with E-state index in [0.29, 0.717) is 6.04 Å². The highest BCUT2D eigenvalue weighted by atomic mass is 15.6. The van der Waals surface area contributed by atoms with Gasteiger partial charge in [-0.25, -0.2) is 0 Å². The number of rotatable bonds is 0. The van der Waals surface area contributed by atoms with Crippen molar-refractivity contribution >= 4 is 6.21 Å². The second-order valence-electron chi connectivity index (χ2n) is 2.94. The minimum atomic E-state index is 0.689. The first-order chi connectivity index (χ1) is 4.47. The highest BCUT2D eigenvalue weighted by molar-refractivity contribution is 5.61. The Morgan fingerprint density at radius 2 is 2.44 bits per heavy atom. The van der Waals surface area contributed by atoms with Crippen molar-refractivity contribution in [1.82, 2.24) is 5.01 Å². The first-order valence-electron chi connectivity index (χ1n) is 3.46. The molecule has 0 saturated carbocycles. The second kappa shape index (κ2) is 1.06. The van der Waals surface area contributed by atoms with E-state index in [1.54, 1.807) is 0 Å². The second-order valence-corrected chi connectivity index (χ2v) is 2.94. The van der Waals surface area contributed by atoms with Gasteiger partial charge in [-0.15, -0.1) is 0 Å². The molecule has 1 aliphatic carbocycles. The van der Waals surface area contributed by atoms with Gasteiger partial charge in [0, 0.05) is 12.1 Å². The zero-order chi connectivity index (χ0) is 5.84. The van der Waals surface area contributed by atoms with Gasteiger partial charge in [0.25, 0.3) is 0 Å². The van der Waals surface area contributed by atoms with Crippen molar-refractivity contribution in [3.63, 3.8) is 0 Å². The van der Waals surface area contributed by atoms with Crippen molar-refractivity contribution in [3.8, 4) is 0 Å². The van der Waals surface area contributed by atoms with Crippen LogP contribution in [0, 0.1) is 5.92 Å². The van der Waals surface area contributed by atoms with Crippen LogP contribution in [0.1, 0.15) is 6.42 Å². The van der Waals surface area contributed by atoms with Crippen molar-refractivity contribution < 1.29 is 0 Å². The van der Waals surface area contributed by atoms with Crippen LogP contribution < -0.4 is 0 Å². The van der Waals surface area contributed by atoms with E-state index in [2.05, 4.69) is 22.3 Å². The SMILES string of the molecule is C1=CC2C3C1CC=NN23. The molecule has 2 heteroatoms. The third-order valence-corrected chi connectivity index (χ3v) is 2.46. The van der Waals surface area contributed by atoms with E-state index in [-0.39, 0.29) is 0 Å². The van der Waals surface area contributed by atoms with Crippen LogP contribution in [0.5, 0.6) is 0 Å². The van der Waals surface area contributed by atoms with E-state index >= 15 is 0 Å². The quantitative estimate of drug-likeness (QED) is 0.338. The molecular weight excluding hydrogens is 112 g/mol. The molecule has 2 nitrogen and oxygen atoms in total. The predicted octanol–water partition coefficient (Wildman–Crippen LogP) is 0.615. The van der Waals surface area contributed by atoms with E-state index in [0.717, 1.165) is 18.4 Å². The van der Waals surface area contributed by atoms with Crippen molar-refractivity contribution in [2.75, 3.05) is 0 Å². The van der Waals surface area contributed by atoms with Gasteiger partial charge >= 0.3 is 0 Å². The molecule has 0 aromatic heterocycles. The molecule has 0 amide bonds. The van der Waals surface area contributed by atoms with Crippen LogP contribution in [0.3, 0.4) is 0 Å². The smallest absolute Gasteiger partial charge is 0.0881 e. The molecule has 9 heavy (non-hydrogen) atoms. The van der Waals surface area contributed by atoms with Gasteiger partial charge in [0.15, 0.2) is 0 Å². The minimum Gasteiger partial charge on any atom is -0.282 e. The highest BCUT2D eigenvalue weighted by Gasteiger charge is 2.54. The summed E-state index contributed by atoms with van der Waals surface area (Å²) in [5, 5.41) is 6.43. The Hall–Kier alpha value is -0.790. The molecule has 46 valence electrons. The number of hydrazone groups is 1. The largest absolute Gasteiger partial charge is 0.282 e. The predicted molar refractivity (Wildman–Crippen MR) is 35.2 cm³/mol. The van der Waals surface area contributed by atoms with Crippen molar-refractivity contribution in [2.24, 2.45) is 11.0 Å². The molecule has 0 bridgehead atoms. The number of fused-ring (bicyclic) bond motifs is 1. The van der Waals surface area contributed by atoms with Crippen LogP contribution in [0.2, 0.25) is 0 Å². The van der Waals surface area contributed by atoms with Gasteiger partial charge in [-0.05, 0) is 6.42 Å². The van der Waals surface area contributed by atoms with Crippen LogP contribution >= 0.6 is 0 Å². The van der Waals surface area contributed by atoms with Crippen LogP contribution in [0.25, 0.3) is 0 Å². The molecule has 0 aromatic rings. The third kappa shape index (κ3) is 0.334. The minimum absolute atomic E-state index is 0.689. The average Bonchev–Trinajstić information content (AvgIpc) is 2.35. The average molecular weight is 120 g/mol. The van der Waals surface area contributed by atoms with Gasteiger partial charge in [0.05, 0.1) is 12.1 Å². The van der Waals surface area contributed by atoms with E-state index in [1.165, 1.54) is 0 Å². The summed E-state index contributed by atoms with van der Waals surface area (Å²) >= 11 is 0. The molecule has 2 heterocycles. The standard InChI is InChI=1S/C7H8N2/c1-2-6-7-5(1)3-4-8-9(6)7/h1-2,4-7H,3H2. The van der Waals surface area contributed by atoms with Crippen LogP contribution in [-0.2, 0) is 0 Å². The molecule has 1 saturated heterocycles. The fourth-order valence-electron chi connectivity index (χ4n) is 1.91. The van der Waals surface area contributed by atoms with Gasteiger partial charge in [0.2, 0.25) is 0 Å². The molecule has 0 N–H and O–H groups in total. The number of hydrogen-bond donors (Lipinski definition) is 0. The molecule has 0 aromatic carbocycles. The lowest BCUT2D eigenvalue weighted by atomic mass is 10.1. The van der Waals surface area contributed by atoms with E-state index in [1.807, 2.05) is 6.21 Å². The Labute approximate surface area is 53.8 Å². The summed E-state index contributed by atoms with van der Waals surface area (Å²) in [5.74, 6) is 0.799. The van der Waals surface area contributed by atoms with Gasteiger partial charge in [-0.1, -0.05) is 12.2 Å². The fourth-order valence-corrected chi connectivity index (χ4v) is 1.91. The molecule has 3 aliphatic rings. The van der Waals surface area contributed by atoms with Gasteiger partial charge in [-0.2, -0.15) is 5.10 Å². The molecule has 3 atom stereocenters. The van der Waals surface area contributed by atoms with Crippen molar-refractivity contribution in [3.05, 3.63) is 12.2 Å². The number of nitrogens with zero attached hydrogens (tertiary/aromatic N) is 2. The monoisotopic (exact) mass is 120 g/mol. The van der Waals surface area contributed by atoms with Gasteiger partial charge in [0.1, 0.15) is 0 Å². The molecule has 3 rings (SSSR count). The Morgan fingerprint density at radius 3 is 3.22 bits per heavy atom. The summed E-state index contributed by atoms with van der Waals surface area (Å²) in [7, 11) is 0. The molecule has 2 aliphatic heterocycles.